The fourth-order valence-corrected chi connectivity index (χ4v) is 4.45. The Bertz CT molecular complexity index is 1140. The minimum absolute atomic E-state index is 0.300. The molecule has 0 saturated carbocycles. The van der Waals surface area contributed by atoms with Gasteiger partial charge in [-0.05, 0) is 35.7 Å². The molecule has 1 atom stereocenters. The molecule has 1 aliphatic rings. The number of hydrogen-bond donors (Lipinski definition) is 1. The molecule has 0 unspecified atom stereocenters. The molecule has 0 amide bonds. The lowest BCUT2D eigenvalue weighted by molar-refractivity contribution is -0.138. The van der Waals surface area contributed by atoms with Crippen molar-refractivity contribution in [3.63, 3.8) is 0 Å². The summed E-state index contributed by atoms with van der Waals surface area (Å²) >= 11 is 1.60. The van der Waals surface area contributed by atoms with Crippen LogP contribution in [0.1, 0.15) is 29.7 Å². The molecule has 33 heavy (non-hydrogen) atoms. The number of thioether (sulfide) groups is 1. The third-order valence-electron chi connectivity index (χ3n) is 5.23. The zero-order chi connectivity index (χ0) is 23.0. The van der Waals surface area contributed by atoms with Gasteiger partial charge in [0.25, 0.3) is 0 Å². The van der Waals surface area contributed by atoms with Crippen LogP contribution in [0.4, 0.5) is 0 Å². The number of nitrogens with zero attached hydrogens (tertiary/aromatic N) is 1. The van der Waals surface area contributed by atoms with E-state index in [4.69, 9.17) is 14.5 Å². The highest BCUT2D eigenvalue weighted by atomic mass is 32.2. The van der Waals surface area contributed by atoms with E-state index in [1.807, 2.05) is 91.9 Å². The van der Waals surface area contributed by atoms with Crippen LogP contribution < -0.4 is 10.1 Å². The molecular weight excluding hydrogens is 432 g/mol. The van der Waals surface area contributed by atoms with Crippen LogP contribution in [0.5, 0.6) is 5.75 Å². The number of rotatable bonds is 7. The van der Waals surface area contributed by atoms with E-state index < -0.39 is 6.04 Å². The molecule has 0 spiro atoms. The van der Waals surface area contributed by atoms with E-state index in [9.17, 15) is 4.79 Å². The van der Waals surface area contributed by atoms with Crippen molar-refractivity contribution >= 4 is 28.6 Å². The summed E-state index contributed by atoms with van der Waals surface area (Å²) in [5, 5.41) is 4.17. The molecule has 5 nitrogen and oxygen atoms in total. The molecule has 1 N–H and O–H groups in total. The van der Waals surface area contributed by atoms with Gasteiger partial charge in [-0.3, -0.25) is 0 Å². The summed E-state index contributed by atoms with van der Waals surface area (Å²) in [6.45, 7) is 2.11. The molecule has 0 radical (unpaired) electrons. The molecule has 3 aromatic carbocycles. The maximum Gasteiger partial charge on any atom is 0.338 e. The first-order valence-corrected chi connectivity index (χ1v) is 11.8. The van der Waals surface area contributed by atoms with E-state index in [0.717, 1.165) is 39.1 Å². The fourth-order valence-electron chi connectivity index (χ4n) is 3.60. The molecule has 0 fully saturated rings. The van der Waals surface area contributed by atoms with Gasteiger partial charge in [0.1, 0.15) is 11.8 Å². The van der Waals surface area contributed by atoms with E-state index in [1.54, 1.807) is 18.9 Å². The average molecular weight is 459 g/mol. The number of esters is 1. The minimum Gasteiger partial charge on any atom is -0.497 e. The number of aliphatic imine (C=N–C) groups is 1. The van der Waals surface area contributed by atoms with Crippen molar-refractivity contribution in [3.8, 4) is 5.75 Å². The van der Waals surface area contributed by atoms with Crippen molar-refractivity contribution in [2.45, 2.75) is 18.7 Å². The second-order valence-corrected chi connectivity index (χ2v) is 8.35. The Balaban J connectivity index is 1.71. The first-order chi connectivity index (χ1) is 16.2. The van der Waals surface area contributed by atoms with Crippen LogP contribution in [0, 0.1) is 0 Å². The molecular formula is C27H26N2O3S. The molecule has 1 heterocycles. The summed E-state index contributed by atoms with van der Waals surface area (Å²) in [7, 11) is 1.66. The fraction of sp³-hybridized carbons (Fsp3) is 0.185. The van der Waals surface area contributed by atoms with Crippen molar-refractivity contribution in [3.05, 3.63) is 107 Å². The van der Waals surface area contributed by atoms with Crippen molar-refractivity contribution in [2.75, 3.05) is 13.7 Å². The van der Waals surface area contributed by atoms with Gasteiger partial charge >= 0.3 is 5.97 Å². The summed E-state index contributed by atoms with van der Waals surface area (Å²) < 4.78 is 10.7. The normalized spacial score (nSPS) is 15.5. The smallest absolute Gasteiger partial charge is 0.338 e. The monoisotopic (exact) mass is 458 g/mol. The number of carbonyl (C=O) groups excluding carboxylic acids is 1. The Hall–Kier alpha value is -3.51. The molecule has 0 aliphatic carbocycles. The second kappa shape index (κ2) is 10.9. The Kier molecular flexibility index (Phi) is 7.47. The lowest BCUT2D eigenvalue weighted by Crippen LogP contribution is -2.31. The van der Waals surface area contributed by atoms with E-state index >= 15 is 0 Å². The van der Waals surface area contributed by atoms with Gasteiger partial charge in [0.2, 0.25) is 0 Å². The Labute approximate surface area is 198 Å². The zero-order valence-corrected chi connectivity index (χ0v) is 19.5. The lowest BCUT2D eigenvalue weighted by Gasteiger charge is -2.27. The van der Waals surface area contributed by atoms with Crippen LogP contribution in [-0.4, -0.2) is 24.9 Å². The molecule has 168 valence electrons. The van der Waals surface area contributed by atoms with E-state index in [2.05, 4.69) is 5.32 Å². The van der Waals surface area contributed by atoms with Gasteiger partial charge in [-0.25, -0.2) is 9.79 Å². The van der Waals surface area contributed by atoms with Gasteiger partial charge in [-0.1, -0.05) is 84.6 Å². The van der Waals surface area contributed by atoms with E-state index in [1.165, 1.54) is 0 Å². The molecule has 0 aromatic heterocycles. The number of ether oxygens (including phenoxy) is 2. The quantitative estimate of drug-likeness (QED) is 0.467. The molecule has 3 aromatic rings. The number of carbonyl (C=O) groups is 1. The first kappa shape index (κ1) is 22.7. The molecule has 0 bridgehead atoms. The van der Waals surface area contributed by atoms with Crippen LogP contribution in [0.25, 0.3) is 5.70 Å². The molecule has 6 heteroatoms. The van der Waals surface area contributed by atoms with E-state index in [-0.39, 0.29) is 5.97 Å². The summed E-state index contributed by atoms with van der Waals surface area (Å²) in [5.41, 5.74) is 4.26. The zero-order valence-electron chi connectivity index (χ0n) is 18.7. The number of methoxy groups -OCH3 is 1. The van der Waals surface area contributed by atoms with Gasteiger partial charge in [0.15, 0.2) is 5.17 Å². The van der Waals surface area contributed by atoms with Crippen LogP contribution in [0.15, 0.2) is 95.5 Å². The Morgan fingerprint density at radius 2 is 1.64 bits per heavy atom. The maximum absolute atomic E-state index is 13.1. The molecule has 4 rings (SSSR count). The Morgan fingerprint density at radius 3 is 2.27 bits per heavy atom. The summed E-state index contributed by atoms with van der Waals surface area (Å²) in [4.78, 5) is 18.1. The summed E-state index contributed by atoms with van der Waals surface area (Å²) in [5.74, 6) is 1.20. The van der Waals surface area contributed by atoms with E-state index in [0.29, 0.717) is 12.2 Å². The predicted molar refractivity (Wildman–Crippen MR) is 134 cm³/mol. The number of hydrogen-bond acceptors (Lipinski definition) is 6. The highest BCUT2D eigenvalue weighted by molar-refractivity contribution is 8.13. The van der Waals surface area contributed by atoms with Gasteiger partial charge in [-0.15, -0.1) is 0 Å². The summed E-state index contributed by atoms with van der Waals surface area (Å²) in [6, 6.07) is 27.2. The number of amidine groups is 1. The largest absolute Gasteiger partial charge is 0.497 e. The van der Waals surface area contributed by atoms with Gasteiger partial charge in [0.05, 0.1) is 25.0 Å². The van der Waals surface area contributed by atoms with Crippen molar-refractivity contribution in [1.82, 2.24) is 5.32 Å². The van der Waals surface area contributed by atoms with Gasteiger partial charge in [-0.2, -0.15) is 0 Å². The highest BCUT2D eigenvalue weighted by Gasteiger charge is 2.32. The number of benzene rings is 3. The van der Waals surface area contributed by atoms with Crippen molar-refractivity contribution in [1.29, 1.82) is 0 Å². The van der Waals surface area contributed by atoms with Gasteiger partial charge in [0, 0.05) is 5.75 Å². The molecule has 1 aliphatic heterocycles. The third kappa shape index (κ3) is 5.46. The maximum atomic E-state index is 13.1. The predicted octanol–water partition coefficient (Wildman–Crippen LogP) is 5.60. The summed E-state index contributed by atoms with van der Waals surface area (Å²) in [6.07, 6.45) is 0. The average Bonchev–Trinajstić information content (AvgIpc) is 2.88. The lowest BCUT2D eigenvalue weighted by atomic mass is 9.94. The topological polar surface area (TPSA) is 59.9 Å². The van der Waals surface area contributed by atoms with Crippen LogP contribution in [-0.2, 0) is 15.3 Å². The van der Waals surface area contributed by atoms with Gasteiger partial charge < -0.3 is 14.8 Å². The highest BCUT2D eigenvalue weighted by Crippen LogP contribution is 2.36. The van der Waals surface area contributed by atoms with Crippen LogP contribution in [0.3, 0.4) is 0 Å². The Morgan fingerprint density at radius 1 is 0.970 bits per heavy atom. The van der Waals surface area contributed by atoms with Crippen LogP contribution >= 0.6 is 11.8 Å². The second-order valence-electron chi connectivity index (χ2n) is 7.38. The molecule has 0 saturated heterocycles. The van der Waals surface area contributed by atoms with Crippen molar-refractivity contribution < 1.29 is 14.3 Å². The number of nitrogens with one attached hydrogen (secondary N) is 1. The standard InChI is InChI=1S/C27H26N2O3S/c1-3-32-26(30)23-24(20-10-6-4-7-11-20)28-27(29-25(23)21-12-8-5-9-13-21)33-18-19-14-16-22(31-2)17-15-19/h4-17,24H,3,18H2,1-2H3,(H,28,29)/t24-/m1/s1. The first-order valence-electron chi connectivity index (χ1n) is 10.8. The SMILES string of the molecule is CCOC(=O)C1=C(c2ccccc2)NC(SCc2ccc(OC)cc2)=N[C@@H]1c1ccccc1. The van der Waals surface area contributed by atoms with Crippen LogP contribution in [0.2, 0.25) is 0 Å². The third-order valence-corrected chi connectivity index (χ3v) is 6.19. The minimum atomic E-state index is -0.458. The van der Waals surface area contributed by atoms with Crippen molar-refractivity contribution in [2.24, 2.45) is 4.99 Å².